The van der Waals surface area contributed by atoms with Crippen molar-refractivity contribution in [1.82, 2.24) is 15.0 Å². The number of aryl methyl sites for hydroxylation is 1. The molecular weight excluding hydrogens is 248 g/mol. The molecule has 0 spiro atoms. The van der Waals surface area contributed by atoms with Crippen molar-refractivity contribution in [2.45, 2.75) is 25.5 Å². The van der Waals surface area contributed by atoms with Crippen molar-refractivity contribution in [2.24, 2.45) is 12.8 Å². The van der Waals surface area contributed by atoms with Gasteiger partial charge in [-0.15, -0.1) is 5.10 Å². The number of ether oxygens (including phenoxy) is 1. The van der Waals surface area contributed by atoms with E-state index in [1.54, 1.807) is 11.8 Å². The summed E-state index contributed by atoms with van der Waals surface area (Å²) in [6, 6.07) is -0.112. The second-order valence-corrected chi connectivity index (χ2v) is 4.03. The molecular formula is C8H15BrN4O. The number of halogens is 1. The number of aromatic nitrogens is 3. The maximum atomic E-state index is 6.01. The highest BCUT2D eigenvalue weighted by molar-refractivity contribution is 9.10. The molecule has 0 saturated heterocycles. The maximum Gasteiger partial charge on any atom is 0.153 e. The van der Waals surface area contributed by atoms with E-state index in [0.717, 1.165) is 12.1 Å². The third-order valence-electron chi connectivity index (χ3n) is 2.17. The first-order valence-electron chi connectivity index (χ1n) is 4.39. The van der Waals surface area contributed by atoms with Crippen molar-refractivity contribution in [3.63, 3.8) is 0 Å². The quantitative estimate of drug-likeness (QED) is 0.880. The van der Waals surface area contributed by atoms with Gasteiger partial charge in [0.25, 0.3) is 0 Å². The molecule has 1 aromatic heterocycles. The Morgan fingerprint density at radius 3 is 2.71 bits per heavy atom. The lowest BCUT2D eigenvalue weighted by molar-refractivity contribution is 0.104. The molecule has 0 amide bonds. The summed E-state index contributed by atoms with van der Waals surface area (Å²) in [6.45, 7) is 1.98. The predicted molar refractivity (Wildman–Crippen MR) is 56.7 cm³/mol. The molecule has 2 atom stereocenters. The molecule has 1 rings (SSSR count). The van der Waals surface area contributed by atoms with E-state index in [1.807, 2.05) is 14.0 Å². The lowest BCUT2D eigenvalue weighted by Crippen LogP contribution is -2.21. The van der Waals surface area contributed by atoms with Gasteiger partial charge in [0.05, 0.1) is 17.8 Å². The van der Waals surface area contributed by atoms with Crippen LogP contribution in [0.15, 0.2) is 4.60 Å². The summed E-state index contributed by atoms with van der Waals surface area (Å²) < 4.78 is 7.54. The van der Waals surface area contributed by atoms with Gasteiger partial charge in [0.2, 0.25) is 0 Å². The van der Waals surface area contributed by atoms with Crippen LogP contribution in [-0.2, 0) is 11.8 Å². The van der Waals surface area contributed by atoms with Gasteiger partial charge in [-0.1, -0.05) is 5.21 Å². The molecule has 0 saturated carbocycles. The highest BCUT2D eigenvalue weighted by Crippen LogP contribution is 2.22. The molecule has 0 aromatic carbocycles. The number of nitrogens with zero attached hydrogens (tertiary/aromatic N) is 3. The average Bonchev–Trinajstić information content (AvgIpc) is 2.46. The lowest BCUT2D eigenvalue weighted by atomic mass is 10.1. The van der Waals surface area contributed by atoms with E-state index in [-0.39, 0.29) is 12.1 Å². The van der Waals surface area contributed by atoms with Crippen LogP contribution in [0.25, 0.3) is 0 Å². The maximum absolute atomic E-state index is 6.01. The summed E-state index contributed by atoms with van der Waals surface area (Å²) in [7, 11) is 3.50. The molecule has 1 aromatic rings. The fourth-order valence-electron chi connectivity index (χ4n) is 1.30. The van der Waals surface area contributed by atoms with Gasteiger partial charge in [-0.2, -0.15) is 0 Å². The normalized spacial score (nSPS) is 15.5. The van der Waals surface area contributed by atoms with Crippen molar-refractivity contribution < 1.29 is 4.74 Å². The molecule has 0 bridgehead atoms. The smallest absolute Gasteiger partial charge is 0.153 e. The van der Waals surface area contributed by atoms with Gasteiger partial charge in [-0.05, 0) is 29.3 Å². The van der Waals surface area contributed by atoms with E-state index in [1.165, 1.54) is 0 Å². The van der Waals surface area contributed by atoms with E-state index in [4.69, 9.17) is 10.5 Å². The van der Waals surface area contributed by atoms with E-state index >= 15 is 0 Å². The van der Waals surface area contributed by atoms with Crippen LogP contribution in [0.5, 0.6) is 0 Å². The van der Waals surface area contributed by atoms with Gasteiger partial charge >= 0.3 is 0 Å². The summed E-state index contributed by atoms with van der Waals surface area (Å²) in [4.78, 5) is 0. The fraction of sp³-hybridized carbons (Fsp3) is 0.750. The Balaban J connectivity index is 2.73. The topological polar surface area (TPSA) is 66.0 Å². The Kier molecular flexibility index (Phi) is 4.03. The van der Waals surface area contributed by atoms with Crippen LogP contribution in [0.1, 0.15) is 25.1 Å². The third kappa shape index (κ3) is 2.52. The molecule has 0 aliphatic rings. The Labute approximate surface area is 91.7 Å². The Bertz CT molecular complexity index is 282. The van der Waals surface area contributed by atoms with Crippen molar-refractivity contribution in [1.29, 1.82) is 0 Å². The predicted octanol–water partition coefficient (Wildman–Crippen LogP) is 1.00. The zero-order chi connectivity index (χ0) is 10.7. The molecule has 0 aliphatic heterocycles. The van der Waals surface area contributed by atoms with Crippen LogP contribution in [0, 0.1) is 0 Å². The van der Waals surface area contributed by atoms with Gasteiger partial charge in [0.15, 0.2) is 4.60 Å². The summed E-state index contributed by atoms with van der Waals surface area (Å²) in [5.74, 6) is 0. The van der Waals surface area contributed by atoms with Crippen LogP contribution in [0.3, 0.4) is 0 Å². The summed E-state index contributed by atoms with van der Waals surface area (Å²) >= 11 is 3.31. The van der Waals surface area contributed by atoms with E-state index in [9.17, 15) is 0 Å². The monoisotopic (exact) mass is 262 g/mol. The molecule has 6 heteroatoms. The minimum absolute atomic E-state index is 0.112. The third-order valence-corrected chi connectivity index (χ3v) is 2.73. The largest absolute Gasteiger partial charge is 0.382 e. The highest BCUT2D eigenvalue weighted by atomic mass is 79.9. The minimum Gasteiger partial charge on any atom is -0.382 e. The Morgan fingerprint density at radius 2 is 2.29 bits per heavy atom. The van der Waals surface area contributed by atoms with Crippen LogP contribution in [0.4, 0.5) is 0 Å². The van der Waals surface area contributed by atoms with E-state index in [2.05, 4.69) is 26.2 Å². The zero-order valence-electron chi connectivity index (χ0n) is 8.57. The Hall–Kier alpha value is -0.460. The van der Waals surface area contributed by atoms with Crippen LogP contribution < -0.4 is 5.73 Å². The lowest BCUT2D eigenvalue weighted by Gasteiger charge is -2.16. The number of hydrogen-bond donors (Lipinski definition) is 1. The van der Waals surface area contributed by atoms with Gasteiger partial charge in [0, 0.05) is 14.2 Å². The first kappa shape index (κ1) is 11.6. The standard InChI is InChI=1S/C8H15BrN4O/c1-5(14-3)4-6(10)7-8(9)11-12-13(7)2/h5-6H,4,10H2,1-3H3. The minimum atomic E-state index is -0.112. The summed E-state index contributed by atoms with van der Waals surface area (Å²) in [5, 5.41) is 7.75. The van der Waals surface area contributed by atoms with E-state index < -0.39 is 0 Å². The molecule has 2 N–H and O–H groups in total. The molecule has 0 radical (unpaired) electrons. The van der Waals surface area contributed by atoms with Gasteiger partial charge in [0.1, 0.15) is 0 Å². The van der Waals surface area contributed by atoms with Gasteiger partial charge in [-0.25, -0.2) is 4.68 Å². The van der Waals surface area contributed by atoms with Crippen molar-refractivity contribution in [3.05, 3.63) is 10.3 Å². The first-order valence-corrected chi connectivity index (χ1v) is 5.19. The first-order chi connectivity index (χ1) is 6.56. The van der Waals surface area contributed by atoms with Crippen LogP contribution in [-0.4, -0.2) is 28.2 Å². The zero-order valence-corrected chi connectivity index (χ0v) is 10.2. The average molecular weight is 263 g/mol. The molecule has 14 heavy (non-hydrogen) atoms. The highest BCUT2D eigenvalue weighted by Gasteiger charge is 2.18. The Morgan fingerprint density at radius 1 is 1.64 bits per heavy atom. The van der Waals surface area contributed by atoms with E-state index in [0.29, 0.717) is 4.60 Å². The molecule has 0 fully saturated rings. The molecule has 80 valence electrons. The summed E-state index contributed by atoms with van der Waals surface area (Å²) in [5.41, 5.74) is 6.90. The SMILES string of the molecule is COC(C)CC(N)c1c(Br)nnn1C. The van der Waals surface area contributed by atoms with Gasteiger partial charge < -0.3 is 10.5 Å². The molecule has 1 heterocycles. The van der Waals surface area contributed by atoms with Crippen molar-refractivity contribution >= 4 is 15.9 Å². The fourth-order valence-corrected chi connectivity index (χ4v) is 1.92. The molecule has 5 nitrogen and oxygen atoms in total. The molecule has 0 aliphatic carbocycles. The second kappa shape index (κ2) is 4.86. The number of rotatable bonds is 4. The number of nitrogens with two attached hydrogens (primary N) is 1. The number of methoxy groups -OCH3 is 1. The second-order valence-electron chi connectivity index (χ2n) is 3.28. The van der Waals surface area contributed by atoms with Crippen LogP contribution in [0.2, 0.25) is 0 Å². The van der Waals surface area contributed by atoms with Crippen molar-refractivity contribution in [2.75, 3.05) is 7.11 Å². The number of hydrogen-bond acceptors (Lipinski definition) is 4. The summed E-state index contributed by atoms with van der Waals surface area (Å²) in [6.07, 6.45) is 0.878. The van der Waals surface area contributed by atoms with Crippen molar-refractivity contribution in [3.8, 4) is 0 Å². The van der Waals surface area contributed by atoms with Crippen LogP contribution >= 0.6 is 15.9 Å². The molecule has 2 unspecified atom stereocenters. The van der Waals surface area contributed by atoms with Gasteiger partial charge in [-0.3, -0.25) is 0 Å².